The van der Waals surface area contributed by atoms with Crippen LogP contribution in [-0.2, 0) is 4.57 Å². The second-order valence-corrected chi connectivity index (χ2v) is 11.7. The fourth-order valence-corrected chi connectivity index (χ4v) is 8.93. The van der Waals surface area contributed by atoms with Crippen molar-refractivity contribution in [2.75, 3.05) is 0 Å². The van der Waals surface area contributed by atoms with Crippen molar-refractivity contribution in [2.24, 2.45) is 0 Å². The van der Waals surface area contributed by atoms with Crippen molar-refractivity contribution < 1.29 is 4.57 Å². The molecule has 2 heterocycles. The SMILES string of the molecule is O=P1(c2ccc3ccccc3c2)C2=CC=CC[C@H]2c2[nH]c3ccccc3c2-c2ccccc21. The predicted molar refractivity (Wildman–Crippen MR) is 139 cm³/mol. The van der Waals surface area contributed by atoms with Crippen molar-refractivity contribution in [3.05, 3.63) is 120 Å². The first kappa shape index (κ1) is 18.9. The third-order valence-electron chi connectivity index (χ3n) is 7.19. The molecule has 2 nitrogen and oxygen atoms in total. The lowest BCUT2D eigenvalue weighted by Crippen LogP contribution is -2.20. The lowest BCUT2D eigenvalue weighted by molar-refractivity contribution is 0.587. The first-order chi connectivity index (χ1) is 16.2. The summed E-state index contributed by atoms with van der Waals surface area (Å²) >= 11 is 0. The normalized spacial score (nSPS) is 21.2. The van der Waals surface area contributed by atoms with Crippen LogP contribution in [-0.4, -0.2) is 4.98 Å². The van der Waals surface area contributed by atoms with Crippen molar-refractivity contribution in [3.63, 3.8) is 0 Å². The number of aromatic nitrogens is 1. The van der Waals surface area contributed by atoms with Crippen molar-refractivity contribution >= 4 is 39.4 Å². The molecule has 1 aliphatic heterocycles. The molecular formula is C30H22NOP. The zero-order valence-electron chi connectivity index (χ0n) is 18.0. The number of benzene rings is 4. The molecule has 2 aliphatic rings. The Morgan fingerprint density at radius 1 is 0.818 bits per heavy atom. The molecule has 2 atom stereocenters. The second kappa shape index (κ2) is 6.94. The number of hydrogen-bond donors (Lipinski definition) is 1. The Balaban J connectivity index is 1.62. The molecule has 0 saturated carbocycles. The number of H-pyrrole nitrogens is 1. The zero-order valence-corrected chi connectivity index (χ0v) is 18.9. The molecule has 158 valence electrons. The molecule has 5 aromatic rings. The second-order valence-electron chi connectivity index (χ2n) is 8.93. The summed E-state index contributed by atoms with van der Waals surface area (Å²) < 4.78 is 15.5. The standard InChI is InChI=1S/C30H22NOP/c32-33(22-18-17-20-9-1-2-10-21(20)19-22)27-15-7-4-12-24(27)29-23-11-3-6-14-26(23)31-30(29)25-13-5-8-16-28(25)33/h1-12,14-19,25,31H,13H2/t25-,33?/m1/s1. The molecule has 33 heavy (non-hydrogen) atoms. The smallest absolute Gasteiger partial charge is 0.168 e. The van der Waals surface area contributed by atoms with Crippen LogP contribution >= 0.6 is 7.14 Å². The maximum atomic E-state index is 15.5. The monoisotopic (exact) mass is 443 g/mol. The highest BCUT2D eigenvalue weighted by molar-refractivity contribution is 7.82. The first-order valence-electron chi connectivity index (χ1n) is 11.4. The molecule has 0 fully saturated rings. The zero-order chi connectivity index (χ0) is 22.0. The van der Waals surface area contributed by atoms with E-state index in [0.29, 0.717) is 0 Å². The third kappa shape index (κ3) is 2.59. The van der Waals surface area contributed by atoms with Gasteiger partial charge in [-0.05, 0) is 34.9 Å². The van der Waals surface area contributed by atoms with Gasteiger partial charge in [-0.15, -0.1) is 0 Å². The van der Waals surface area contributed by atoms with Crippen LogP contribution in [0.5, 0.6) is 0 Å². The van der Waals surface area contributed by atoms with E-state index in [1.807, 2.05) is 18.2 Å². The number of rotatable bonds is 1. The molecule has 0 spiro atoms. The fourth-order valence-electron chi connectivity index (χ4n) is 5.68. The van der Waals surface area contributed by atoms with Crippen molar-refractivity contribution in [3.8, 4) is 11.1 Å². The van der Waals surface area contributed by atoms with Crippen LogP contribution in [0.4, 0.5) is 0 Å². The van der Waals surface area contributed by atoms with E-state index >= 15 is 4.57 Å². The number of fused-ring (bicyclic) bond motifs is 8. The summed E-state index contributed by atoms with van der Waals surface area (Å²) in [5.41, 5.74) is 4.59. The average Bonchev–Trinajstić information content (AvgIpc) is 3.23. The van der Waals surface area contributed by atoms with E-state index in [1.54, 1.807) is 0 Å². The summed E-state index contributed by atoms with van der Waals surface area (Å²) in [6.45, 7) is 0. The van der Waals surface area contributed by atoms with Crippen LogP contribution in [0.15, 0.2) is 115 Å². The summed E-state index contributed by atoms with van der Waals surface area (Å²) in [7, 11) is -3.07. The highest BCUT2D eigenvalue weighted by Crippen LogP contribution is 2.63. The van der Waals surface area contributed by atoms with E-state index in [-0.39, 0.29) is 5.92 Å². The van der Waals surface area contributed by atoms with Crippen molar-refractivity contribution in [2.45, 2.75) is 12.3 Å². The molecule has 0 amide bonds. The Morgan fingerprint density at radius 2 is 1.61 bits per heavy atom. The van der Waals surface area contributed by atoms with Crippen LogP contribution in [0.3, 0.4) is 0 Å². The molecule has 3 heteroatoms. The molecule has 0 radical (unpaired) electrons. The largest absolute Gasteiger partial charge is 0.357 e. The molecule has 0 saturated heterocycles. The Bertz CT molecular complexity index is 1690. The van der Waals surface area contributed by atoms with Gasteiger partial charge in [0.2, 0.25) is 0 Å². The Morgan fingerprint density at radius 3 is 2.55 bits per heavy atom. The van der Waals surface area contributed by atoms with Gasteiger partial charge in [0.1, 0.15) is 0 Å². The molecule has 7 rings (SSSR count). The van der Waals surface area contributed by atoms with E-state index in [4.69, 9.17) is 0 Å². The molecule has 0 bridgehead atoms. The van der Waals surface area contributed by atoms with Gasteiger partial charge in [0.15, 0.2) is 7.14 Å². The van der Waals surface area contributed by atoms with Gasteiger partial charge in [0.05, 0.1) is 0 Å². The maximum absolute atomic E-state index is 15.5. The van der Waals surface area contributed by atoms with Gasteiger partial charge in [0.25, 0.3) is 0 Å². The van der Waals surface area contributed by atoms with Gasteiger partial charge in [-0.1, -0.05) is 97.1 Å². The number of hydrogen-bond acceptors (Lipinski definition) is 1. The summed E-state index contributed by atoms with van der Waals surface area (Å²) in [6, 6.07) is 31.4. The highest BCUT2D eigenvalue weighted by atomic mass is 31.2. The maximum Gasteiger partial charge on any atom is 0.168 e. The number of nitrogens with one attached hydrogen (secondary N) is 1. The Hall–Kier alpha value is -3.61. The van der Waals surface area contributed by atoms with Crippen molar-refractivity contribution in [1.82, 2.24) is 4.98 Å². The minimum absolute atomic E-state index is 0.0575. The van der Waals surface area contributed by atoms with Gasteiger partial charge in [-0.25, -0.2) is 0 Å². The minimum atomic E-state index is -3.07. The quantitative estimate of drug-likeness (QED) is 0.272. The van der Waals surface area contributed by atoms with Gasteiger partial charge < -0.3 is 9.55 Å². The third-order valence-corrected chi connectivity index (χ3v) is 10.5. The summed E-state index contributed by atoms with van der Waals surface area (Å²) in [5.74, 6) is 0.0575. The molecule has 4 aromatic carbocycles. The number of para-hydroxylation sites is 1. The lowest BCUT2D eigenvalue weighted by Gasteiger charge is -2.28. The van der Waals surface area contributed by atoms with E-state index in [9.17, 15) is 0 Å². The fraction of sp³-hybridized carbons (Fsp3) is 0.0667. The van der Waals surface area contributed by atoms with Crippen LogP contribution in [0.25, 0.3) is 32.8 Å². The van der Waals surface area contributed by atoms with Gasteiger partial charge in [-0.3, -0.25) is 0 Å². The van der Waals surface area contributed by atoms with E-state index in [2.05, 4.69) is 96.0 Å². The molecule has 1 N–H and O–H groups in total. The van der Waals surface area contributed by atoms with Crippen LogP contribution < -0.4 is 10.6 Å². The van der Waals surface area contributed by atoms with E-state index < -0.39 is 7.14 Å². The Kier molecular flexibility index (Phi) is 3.98. The minimum Gasteiger partial charge on any atom is -0.357 e. The van der Waals surface area contributed by atoms with Gasteiger partial charge >= 0.3 is 0 Å². The van der Waals surface area contributed by atoms with Crippen LogP contribution in [0.2, 0.25) is 0 Å². The van der Waals surface area contributed by atoms with Crippen molar-refractivity contribution in [1.29, 1.82) is 0 Å². The lowest BCUT2D eigenvalue weighted by atomic mass is 9.91. The average molecular weight is 443 g/mol. The summed E-state index contributed by atoms with van der Waals surface area (Å²) in [6.07, 6.45) is 7.23. The molecule has 1 aromatic heterocycles. The highest BCUT2D eigenvalue weighted by Gasteiger charge is 2.43. The molecule has 1 unspecified atom stereocenters. The molecule has 1 aliphatic carbocycles. The van der Waals surface area contributed by atoms with Gasteiger partial charge in [-0.2, -0.15) is 0 Å². The Labute approximate surface area is 192 Å². The van der Waals surface area contributed by atoms with Crippen LogP contribution in [0.1, 0.15) is 18.0 Å². The summed E-state index contributed by atoms with van der Waals surface area (Å²) in [5, 5.41) is 6.37. The van der Waals surface area contributed by atoms with E-state index in [0.717, 1.165) is 38.8 Å². The number of aromatic amines is 1. The predicted octanol–water partition coefficient (Wildman–Crippen LogP) is 7.24. The number of allylic oxidation sites excluding steroid dienone is 4. The first-order valence-corrected chi connectivity index (χ1v) is 13.1. The molecular weight excluding hydrogens is 421 g/mol. The van der Waals surface area contributed by atoms with E-state index in [1.165, 1.54) is 22.0 Å². The summed E-state index contributed by atoms with van der Waals surface area (Å²) in [4.78, 5) is 3.72. The van der Waals surface area contributed by atoms with Crippen LogP contribution in [0, 0.1) is 0 Å². The van der Waals surface area contributed by atoms with Gasteiger partial charge in [0, 0.05) is 44.0 Å². The topological polar surface area (TPSA) is 32.9 Å².